The van der Waals surface area contributed by atoms with E-state index in [-0.39, 0.29) is 6.29 Å². The van der Waals surface area contributed by atoms with Crippen LogP contribution in [0.5, 0.6) is 5.75 Å². The molecule has 1 aliphatic rings. The molecule has 0 amide bonds. The fourth-order valence-corrected chi connectivity index (χ4v) is 1.95. The Bertz CT molecular complexity index is 370. The van der Waals surface area contributed by atoms with Crippen LogP contribution in [0, 0.1) is 0 Å². The average molecular weight is 239 g/mol. The lowest BCUT2D eigenvalue weighted by Crippen LogP contribution is -2.24. The van der Waals surface area contributed by atoms with Crippen molar-refractivity contribution < 1.29 is 9.47 Å². The Hall–Kier alpha value is -0.990. The van der Waals surface area contributed by atoms with Crippen molar-refractivity contribution >= 4 is 17.7 Å². The molecule has 0 bridgehead atoms. The van der Waals surface area contributed by atoms with Crippen molar-refractivity contribution in [3.05, 3.63) is 35.4 Å². The van der Waals surface area contributed by atoms with Crippen molar-refractivity contribution in [3.8, 4) is 5.75 Å². The lowest BCUT2D eigenvalue weighted by Gasteiger charge is -2.23. The van der Waals surface area contributed by atoms with E-state index in [0.717, 1.165) is 37.2 Å². The monoisotopic (exact) mass is 238 g/mol. The predicted octanol–water partition coefficient (Wildman–Crippen LogP) is 3.89. The molecule has 0 N–H and O–H groups in total. The molecule has 1 aromatic rings. The molecule has 0 saturated carbocycles. The number of halogens is 1. The smallest absolute Gasteiger partial charge is 0.199 e. The minimum absolute atomic E-state index is 0.126. The number of hydrogen-bond donors (Lipinski definition) is 0. The normalized spacial score (nSPS) is 20.4. The summed E-state index contributed by atoms with van der Waals surface area (Å²) in [5.41, 5.74) is 0.915. The molecular weight excluding hydrogens is 224 g/mol. The van der Waals surface area contributed by atoms with Gasteiger partial charge in [0.15, 0.2) is 6.29 Å². The van der Waals surface area contributed by atoms with Crippen LogP contribution in [0.1, 0.15) is 24.8 Å². The fraction of sp³-hybridized carbons (Fsp3) is 0.385. The van der Waals surface area contributed by atoms with Gasteiger partial charge in [-0.2, -0.15) is 0 Å². The molecular formula is C13H15ClO2. The number of rotatable bonds is 3. The summed E-state index contributed by atoms with van der Waals surface area (Å²) in [7, 11) is 0. The molecule has 1 heterocycles. The SMILES string of the molecule is C=Cc1ccc(OC2CCCCO2)cc1Cl. The molecule has 16 heavy (non-hydrogen) atoms. The Labute approximate surface area is 101 Å². The molecule has 1 aromatic carbocycles. The van der Waals surface area contributed by atoms with Gasteiger partial charge in [-0.05, 0) is 36.6 Å². The molecule has 0 spiro atoms. The van der Waals surface area contributed by atoms with Crippen LogP contribution in [0.3, 0.4) is 0 Å². The van der Waals surface area contributed by atoms with E-state index in [1.807, 2.05) is 12.1 Å². The van der Waals surface area contributed by atoms with Gasteiger partial charge in [0.1, 0.15) is 5.75 Å². The quantitative estimate of drug-likeness (QED) is 0.796. The highest BCUT2D eigenvalue weighted by Crippen LogP contribution is 2.25. The van der Waals surface area contributed by atoms with Crippen LogP contribution in [0.2, 0.25) is 5.02 Å². The van der Waals surface area contributed by atoms with Crippen molar-refractivity contribution in [2.45, 2.75) is 25.6 Å². The van der Waals surface area contributed by atoms with E-state index in [4.69, 9.17) is 21.1 Å². The molecule has 0 aromatic heterocycles. The number of benzene rings is 1. The van der Waals surface area contributed by atoms with Crippen LogP contribution >= 0.6 is 11.6 Å². The Morgan fingerprint density at radius 2 is 2.31 bits per heavy atom. The van der Waals surface area contributed by atoms with E-state index in [2.05, 4.69) is 6.58 Å². The van der Waals surface area contributed by atoms with Crippen LogP contribution in [0.25, 0.3) is 6.08 Å². The van der Waals surface area contributed by atoms with Crippen molar-refractivity contribution in [1.82, 2.24) is 0 Å². The van der Waals surface area contributed by atoms with E-state index in [1.54, 1.807) is 12.1 Å². The summed E-state index contributed by atoms with van der Waals surface area (Å²) in [5, 5.41) is 0.656. The Morgan fingerprint density at radius 1 is 1.44 bits per heavy atom. The first kappa shape index (κ1) is 11.5. The number of hydrogen-bond acceptors (Lipinski definition) is 2. The first-order valence-corrected chi connectivity index (χ1v) is 5.87. The maximum Gasteiger partial charge on any atom is 0.199 e. The average Bonchev–Trinajstić information content (AvgIpc) is 2.31. The van der Waals surface area contributed by atoms with E-state index in [1.165, 1.54) is 0 Å². The summed E-state index contributed by atoms with van der Waals surface area (Å²) >= 11 is 6.06. The van der Waals surface area contributed by atoms with Gasteiger partial charge < -0.3 is 9.47 Å². The zero-order valence-corrected chi connectivity index (χ0v) is 9.87. The molecule has 1 aliphatic heterocycles. The van der Waals surface area contributed by atoms with Crippen LogP contribution in [0.15, 0.2) is 24.8 Å². The van der Waals surface area contributed by atoms with Crippen LogP contribution in [-0.4, -0.2) is 12.9 Å². The summed E-state index contributed by atoms with van der Waals surface area (Å²) in [4.78, 5) is 0. The van der Waals surface area contributed by atoms with Gasteiger partial charge in [-0.25, -0.2) is 0 Å². The molecule has 86 valence electrons. The van der Waals surface area contributed by atoms with Gasteiger partial charge in [0.2, 0.25) is 0 Å². The molecule has 1 saturated heterocycles. The fourth-order valence-electron chi connectivity index (χ4n) is 1.70. The van der Waals surface area contributed by atoms with Crippen molar-refractivity contribution in [2.75, 3.05) is 6.61 Å². The summed E-state index contributed by atoms with van der Waals surface area (Å²) in [5.74, 6) is 0.752. The summed E-state index contributed by atoms with van der Waals surface area (Å²) in [6, 6.07) is 5.59. The third kappa shape index (κ3) is 2.77. The zero-order valence-electron chi connectivity index (χ0n) is 9.12. The summed E-state index contributed by atoms with van der Waals surface area (Å²) < 4.78 is 11.2. The zero-order chi connectivity index (χ0) is 11.4. The van der Waals surface area contributed by atoms with Crippen LogP contribution in [-0.2, 0) is 4.74 Å². The van der Waals surface area contributed by atoms with Gasteiger partial charge in [-0.15, -0.1) is 0 Å². The molecule has 1 fully saturated rings. The standard InChI is InChI=1S/C13H15ClO2/c1-2-10-6-7-11(9-12(10)14)16-13-5-3-4-8-15-13/h2,6-7,9,13H,1,3-5,8H2. The first-order chi connectivity index (χ1) is 7.79. The van der Waals surface area contributed by atoms with Crippen molar-refractivity contribution in [1.29, 1.82) is 0 Å². The summed E-state index contributed by atoms with van der Waals surface area (Å²) in [6.45, 7) is 4.47. The number of ether oxygens (including phenoxy) is 2. The minimum Gasteiger partial charge on any atom is -0.465 e. The van der Waals surface area contributed by atoms with Crippen LogP contribution < -0.4 is 4.74 Å². The molecule has 2 nitrogen and oxygen atoms in total. The highest BCUT2D eigenvalue weighted by Gasteiger charge is 2.15. The van der Waals surface area contributed by atoms with Gasteiger partial charge in [-0.1, -0.05) is 24.3 Å². The molecule has 1 atom stereocenters. The topological polar surface area (TPSA) is 18.5 Å². The highest BCUT2D eigenvalue weighted by molar-refractivity contribution is 6.32. The lowest BCUT2D eigenvalue weighted by atomic mass is 10.2. The predicted molar refractivity (Wildman–Crippen MR) is 65.8 cm³/mol. The highest BCUT2D eigenvalue weighted by atomic mass is 35.5. The van der Waals surface area contributed by atoms with Gasteiger partial charge >= 0.3 is 0 Å². The van der Waals surface area contributed by atoms with Crippen LogP contribution in [0.4, 0.5) is 0 Å². The van der Waals surface area contributed by atoms with E-state index in [0.29, 0.717) is 5.02 Å². The van der Waals surface area contributed by atoms with E-state index in [9.17, 15) is 0 Å². The second-order valence-corrected chi connectivity index (χ2v) is 4.21. The Balaban J connectivity index is 2.03. The molecule has 0 aliphatic carbocycles. The van der Waals surface area contributed by atoms with Gasteiger partial charge in [0, 0.05) is 6.42 Å². The van der Waals surface area contributed by atoms with E-state index < -0.39 is 0 Å². The minimum atomic E-state index is -0.126. The van der Waals surface area contributed by atoms with Crippen molar-refractivity contribution in [2.24, 2.45) is 0 Å². The molecule has 3 heteroatoms. The molecule has 1 unspecified atom stereocenters. The Kier molecular flexibility index (Phi) is 3.86. The van der Waals surface area contributed by atoms with Crippen molar-refractivity contribution in [3.63, 3.8) is 0 Å². The third-order valence-electron chi connectivity index (χ3n) is 2.60. The summed E-state index contributed by atoms with van der Waals surface area (Å²) in [6.07, 6.45) is 4.82. The molecule has 2 rings (SSSR count). The molecule has 0 radical (unpaired) electrons. The van der Waals surface area contributed by atoms with Gasteiger partial charge in [0.05, 0.1) is 11.6 Å². The largest absolute Gasteiger partial charge is 0.465 e. The van der Waals surface area contributed by atoms with Gasteiger partial charge in [-0.3, -0.25) is 0 Å². The van der Waals surface area contributed by atoms with Gasteiger partial charge in [0.25, 0.3) is 0 Å². The lowest BCUT2D eigenvalue weighted by molar-refractivity contribution is -0.105. The second kappa shape index (κ2) is 5.37. The van der Waals surface area contributed by atoms with E-state index >= 15 is 0 Å². The second-order valence-electron chi connectivity index (χ2n) is 3.80. The maximum atomic E-state index is 6.06. The first-order valence-electron chi connectivity index (χ1n) is 5.50. The third-order valence-corrected chi connectivity index (χ3v) is 2.92. The Morgan fingerprint density at radius 3 is 2.94 bits per heavy atom. The maximum absolute atomic E-state index is 6.06.